The van der Waals surface area contributed by atoms with Gasteiger partial charge in [-0.3, -0.25) is 14.7 Å². The Hall–Kier alpha value is -1.46. The molecular weight excluding hydrogens is 266 g/mol. The van der Waals surface area contributed by atoms with E-state index in [9.17, 15) is 4.79 Å². The van der Waals surface area contributed by atoms with E-state index in [2.05, 4.69) is 20.9 Å². The fourth-order valence-corrected chi connectivity index (χ4v) is 3.61. The first-order valence-electron chi connectivity index (χ1n) is 7.79. The van der Waals surface area contributed by atoms with Crippen LogP contribution in [-0.4, -0.2) is 58.1 Å². The van der Waals surface area contributed by atoms with E-state index < -0.39 is 5.97 Å². The fourth-order valence-electron chi connectivity index (χ4n) is 3.61. The van der Waals surface area contributed by atoms with Crippen LogP contribution in [0.2, 0.25) is 0 Å². The summed E-state index contributed by atoms with van der Waals surface area (Å²) in [4.78, 5) is 20.1. The zero-order valence-electron chi connectivity index (χ0n) is 12.3. The zero-order valence-corrected chi connectivity index (χ0v) is 12.3. The first kappa shape index (κ1) is 14.5. The normalized spacial score (nSPS) is 26.7. The topological polar surface area (TPSA) is 56.7 Å². The van der Waals surface area contributed by atoms with Gasteiger partial charge in [-0.25, -0.2) is 0 Å². The second kappa shape index (κ2) is 6.54. The summed E-state index contributed by atoms with van der Waals surface area (Å²) in [5.41, 5.74) is 1.13. The van der Waals surface area contributed by atoms with Gasteiger partial charge in [0.15, 0.2) is 0 Å². The molecule has 0 aliphatic carbocycles. The first-order chi connectivity index (χ1) is 10.2. The lowest BCUT2D eigenvalue weighted by Gasteiger charge is -2.35. The van der Waals surface area contributed by atoms with E-state index >= 15 is 0 Å². The van der Waals surface area contributed by atoms with E-state index in [0.717, 1.165) is 31.9 Å². The molecule has 5 nitrogen and oxygen atoms in total. The smallest absolute Gasteiger partial charge is 0.304 e. The number of carboxylic acids is 1. The highest BCUT2D eigenvalue weighted by Crippen LogP contribution is 2.28. The van der Waals surface area contributed by atoms with Gasteiger partial charge in [-0.2, -0.15) is 0 Å². The van der Waals surface area contributed by atoms with Gasteiger partial charge in [-0.05, 0) is 30.9 Å². The van der Waals surface area contributed by atoms with E-state index in [4.69, 9.17) is 5.11 Å². The van der Waals surface area contributed by atoms with Crippen LogP contribution in [0, 0.1) is 5.92 Å². The van der Waals surface area contributed by atoms with Crippen molar-refractivity contribution in [2.45, 2.75) is 31.8 Å². The number of fused-ring (bicyclic) bond motifs is 4. The summed E-state index contributed by atoms with van der Waals surface area (Å²) in [6, 6.07) is 6.61. The Kier molecular flexibility index (Phi) is 4.51. The van der Waals surface area contributed by atoms with Gasteiger partial charge < -0.3 is 10.0 Å². The van der Waals surface area contributed by atoms with Gasteiger partial charge in [-0.15, -0.1) is 0 Å². The van der Waals surface area contributed by atoms with Crippen molar-refractivity contribution in [2.75, 3.05) is 26.2 Å². The van der Waals surface area contributed by atoms with Crippen LogP contribution in [0.15, 0.2) is 24.4 Å². The molecule has 5 heteroatoms. The average Bonchev–Trinajstić information content (AvgIpc) is 2.77. The molecule has 21 heavy (non-hydrogen) atoms. The van der Waals surface area contributed by atoms with Crippen molar-refractivity contribution in [3.8, 4) is 0 Å². The number of carboxylic acid groups (broad SMARTS) is 1. The summed E-state index contributed by atoms with van der Waals surface area (Å²) in [5.74, 6) is -0.0295. The van der Waals surface area contributed by atoms with Gasteiger partial charge >= 0.3 is 5.97 Å². The van der Waals surface area contributed by atoms with Gasteiger partial charge in [0.05, 0.1) is 12.1 Å². The summed E-state index contributed by atoms with van der Waals surface area (Å²) in [6.45, 7) is 4.75. The fraction of sp³-hybridized carbons (Fsp3) is 0.625. The predicted octanol–water partition coefficient (Wildman–Crippen LogP) is 1.45. The number of hydrogen-bond donors (Lipinski definition) is 1. The van der Waals surface area contributed by atoms with E-state index in [1.54, 1.807) is 0 Å². The summed E-state index contributed by atoms with van der Waals surface area (Å²) >= 11 is 0. The van der Waals surface area contributed by atoms with Crippen LogP contribution in [0.1, 0.15) is 25.0 Å². The standard InChI is InChI=1S/C16H23N3O2/c20-16(21)6-8-18-9-13-4-5-15(12-18)19(10-13)11-14-3-1-2-7-17-14/h1-3,7,13,15H,4-6,8-12H2,(H,20,21)/t13-,15+/m1/s1. The minimum Gasteiger partial charge on any atom is -0.481 e. The molecule has 0 amide bonds. The number of aliphatic carboxylic acids is 1. The Morgan fingerprint density at radius 3 is 2.95 bits per heavy atom. The van der Waals surface area contributed by atoms with Crippen LogP contribution in [0.3, 0.4) is 0 Å². The van der Waals surface area contributed by atoms with Crippen molar-refractivity contribution in [3.63, 3.8) is 0 Å². The third-order valence-electron chi connectivity index (χ3n) is 4.64. The predicted molar refractivity (Wildman–Crippen MR) is 79.9 cm³/mol. The Morgan fingerprint density at radius 1 is 1.29 bits per heavy atom. The molecule has 114 valence electrons. The molecule has 0 saturated carbocycles. The van der Waals surface area contributed by atoms with Crippen molar-refractivity contribution < 1.29 is 9.90 Å². The molecule has 0 spiro atoms. The largest absolute Gasteiger partial charge is 0.481 e. The summed E-state index contributed by atoms with van der Waals surface area (Å²) in [6.07, 6.45) is 4.60. The molecule has 2 atom stereocenters. The molecule has 4 rings (SSSR count). The highest BCUT2D eigenvalue weighted by molar-refractivity contribution is 5.66. The maximum Gasteiger partial charge on any atom is 0.304 e. The summed E-state index contributed by atoms with van der Waals surface area (Å²) in [7, 11) is 0. The second-order valence-corrected chi connectivity index (χ2v) is 6.25. The molecule has 0 radical (unpaired) electrons. The maximum absolute atomic E-state index is 10.8. The second-order valence-electron chi connectivity index (χ2n) is 6.25. The quantitative estimate of drug-likeness (QED) is 0.889. The zero-order chi connectivity index (χ0) is 14.7. The van der Waals surface area contributed by atoms with Crippen LogP contribution >= 0.6 is 0 Å². The van der Waals surface area contributed by atoms with E-state index in [0.29, 0.717) is 18.5 Å². The average molecular weight is 289 g/mol. The summed E-state index contributed by atoms with van der Waals surface area (Å²) in [5, 5.41) is 8.86. The van der Waals surface area contributed by atoms with Crippen molar-refractivity contribution >= 4 is 5.97 Å². The Balaban J connectivity index is 1.62. The van der Waals surface area contributed by atoms with Crippen LogP contribution < -0.4 is 0 Å². The molecule has 3 fully saturated rings. The molecule has 3 aliphatic heterocycles. The number of pyridine rings is 1. The Morgan fingerprint density at radius 2 is 2.19 bits per heavy atom. The number of carbonyl (C=O) groups is 1. The minimum absolute atomic E-state index is 0.250. The number of nitrogens with zero attached hydrogens (tertiary/aromatic N) is 3. The van der Waals surface area contributed by atoms with Crippen LogP contribution in [0.4, 0.5) is 0 Å². The van der Waals surface area contributed by atoms with Crippen LogP contribution in [0.5, 0.6) is 0 Å². The third-order valence-corrected chi connectivity index (χ3v) is 4.64. The number of rotatable bonds is 5. The maximum atomic E-state index is 10.8. The number of aromatic nitrogens is 1. The lowest BCUT2D eigenvalue weighted by Crippen LogP contribution is -2.43. The third kappa shape index (κ3) is 3.80. The van der Waals surface area contributed by atoms with Gasteiger partial charge in [-0.1, -0.05) is 6.07 Å². The monoisotopic (exact) mass is 289 g/mol. The van der Waals surface area contributed by atoms with Crippen molar-refractivity contribution in [3.05, 3.63) is 30.1 Å². The molecule has 1 N–H and O–H groups in total. The van der Waals surface area contributed by atoms with Crippen LogP contribution in [0.25, 0.3) is 0 Å². The lowest BCUT2D eigenvalue weighted by molar-refractivity contribution is -0.137. The van der Waals surface area contributed by atoms with Gasteiger partial charge in [0, 0.05) is 45.0 Å². The highest BCUT2D eigenvalue weighted by atomic mass is 16.4. The van der Waals surface area contributed by atoms with Crippen molar-refractivity contribution in [2.24, 2.45) is 5.92 Å². The van der Waals surface area contributed by atoms with Crippen LogP contribution in [-0.2, 0) is 11.3 Å². The van der Waals surface area contributed by atoms with Gasteiger partial charge in [0.25, 0.3) is 0 Å². The molecular formula is C16H23N3O2. The molecule has 1 aromatic rings. The molecule has 0 aromatic carbocycles. The molecule has 3 aliphatic rings. The lowest BCUT2D eigenvalue weighted by atomic mass is 9.95. The van der Waals surface area contributed by atoms with Gasteiger partial charge in [0.1, 0.15) is 0 Å². The minimum atomic E-state index is -0.697. The Bertz CT molecular complexity index is 480. The summed E-state index contributed by atoms with van der Waals surface area (Å²) < 4.78 is 0. The van der Waals surface area contributed by atoms with Gasteiger partial charge in [0.2, 0.25) is 0 Å². The van der Waals surface area contributed by atoms with E-state index in [1.807, 2.05) is 18.3 Å². The molecule has 3 saturated heterocycles. The SMILES string of the molecule is O=C(O)CCN1C[C@H]2CC[C@@H](C1)N(Cc1ccccn1)C2. The molecule has 4 heterocycles. The van der Waals surface area contributed by atoms with Crippen molar-refractivity contribution in [1.29, 1.82) is 0 Å². The number of piperidine rings is 1. The van der Waals surface area contributed by atoms with E-state index in [1.165, 1.54) is 12.8 Å². The van der Waals surface area contributed by atoms with E-state index in [-0.39, 0.29) is 6.42 Å². The molecule has 0 unspecified atom stereocenters. The highest BCUT2D eigenvalue weighted by Gasteiger charge is 2.34. The Labute approximate surface area is 125 Å². The number of hydrogen-bond acceptors (Lipinski definition) is 4. The molecule has 2 bridgehead atoms. The molecule has 1 aromatic heterocycles. The first-order valence-corrected chi connectivity index (χ1v) is 7.79. The van der Waals surface area contributed by atoms with Crippen molar-refractivity contribution in [1.82, 2.24) is 14.8 Å².